The van der Waals surface area contributed by atoms with Gasteiger partial charge in [0.15, 0.2) is 0 Å². The molecule has 108 valence electrons. The molecule has 1 heterocycles. The first-order chi connectivity index (χ1) is 9.19. The molecule has 0 aliphatic heterocycles. The van der Waals surface area contributed by atoms with E-state index >= 15 is 0 Å². The van der Waals surface area contributed by atoms with Crippen molar-refractivity contribution in [3.8, 4) is 0 Å². The van der Waals surface area contributed by atoms with E-state index in [4.69, 9.17) is 0 Å². The van der Waals surface area contributed by atoms with Crippen LogP contribution in [0.15, 0.2) is 12.1 Å². The van der Waals surface area contributed by atoms with Gasteiger partial charge >= 0.3 is 0 Å². The minimum atomic E-state index is 0.761. The summed E-state index contributed by atoms with van der Waals surface area (Å²) in [6.07, 6.45) is 5.66. The van der Waals surface area contributed by atoms with Gasteiger partial charge in [-0.05, 0) is 37.9 Å². The van der Waals surface area contributed by atoms with Gasteiger partial charge in [-0.3, -0.25) is 4.90 Å². The van der Waals surface area contributed by atoms with Crippen LogP contribution in [0.1, 0.15) is 49.3 Å². The van der Waals surface area contributed by atoms with Crippen molar-refractivity contribution in [1.82, 2.24) is 10.2 Å². The van der Waals surface area contributed by atoms with E-state index in [1.807, 2.05) is 18.4 Å². The van der Waals surface area contributed by atoms with Crippen molar-refractivity contribution in [3.63, 3.8) is 0 Å². The molecular formula is C16H28N2S. The fraction of sp³-hybridized carbons (Fsp3) is 0.750. The van der Waals surface area contributed by atoms with Gasteiger partial charge in [-0.2, -0.15) is 0 Å². The van der Waals surface area contributed by atoms with Gasteiger partial charge in [-0.1, -0.05) is 26.7 Å². The Morgan fingerprint density at radius 2 is 1.95 bits per heavy atom. The number of hydrogen-bond donors (Lipinski definition) is 1. The third-order valence-electron chi connectivity index (χ3n) is 3.87. The maximum Gasteiger partial charge on any atom is 0.0331 e. The summed E-state index contributed by atoms with van der Waals surface area (Å²) in [6, 6.07) is 5.43. The second-order valence-corrected chi connectivity index (χ2v) is 7.41. The van der Waals surface area contributed by atoms with Crippen molar-refractivity contribution < 1.29 is 0 Å². The summed E-state index contributed by atoms with van der Waals surface area (Å²) in [6.45, 7) is 8.06. The zero-order valence-electron chi connectivity index (χ0n) is 12.6. The predicted molar refractivity (Wildman–Crippen MR) is 84.6 cm³/mol. The van der Waals surface area contributed by atoms with Crippen LogP contribution in [0.5, 0.6) is 0 Å². The zero-order valence-corrected chi connectivity index (χ0v) is 13.4. The minimum absolute atomic E-state index is 0.761. The fourth-order valence-corrected chi connectivity index (χ4v) is 4.11. The molecule has 1 aromatic heterocycles. The highest BCUT2D eigenvalue weighted by Gasteiger charge is 2.23. The summed E-state index contributed by atoms with van der Waals surface area (Å²) < 4.78 is 0. The Hall–Kier alpha value is -0.380. The lowest BCUT2D eigenvalue weighted by Crippen LogP contribution is -2.35. The molecule has 1 saturated carbocycles. The van der Waals surface area contributed by atoms with E-state index in [0.29, 0.717) is 0 Å². The molecule has 0 amide bonds. The second kappa shape index (κ2) is 7.41. The van der Waals surface area contributed by atoms with Crippen LogP contribution >= 0.6 is 11.3 Å². The molecule has 1 fully saturated rings. The molecule has 0 radical (unpaired) electrons. The Bertz CT molecular complexity index is 367. The van der Waals surface area contributed by atoms with Crippen LogP contribution in [-0.2, 0) is 13.1 Å². The van der Waals surface area contributed by atoms with Crippen molar-refractivity contribution in [1.29, 1.82) is 0 Å². The van der Waals surface area contributed by atoms with Crippen LogP contribution in [0.3, 0.4) is 0 Å². The molecule has 0 unspecified atom stereocenters. The predicted octanol–water partition coefficient (Wildman–Crippen LogP) is 3.87. The standard InChI is InChI=1S/C16H28N2S/c1-13(2)11-18(14-6-4-5-7-14)12-16-9-8-15(19-16)10-17-3/h8-9,13-14,17H,4-7,10-12H2,1-3H3. The molecule has 1 N–H and O–H groups in total. The number of rotatable bonds is 7. The van der Waals surface area contributed by atoms with Crippen LogP contribution in [0.4, 0.5) is 0 Å². The molecule has 1 aliphatic rings. The normalized spacial score (nSPS) is 16.9. The van der Waals surface area contributed by atoms with Crippen molar-refractivity contribution in [2.75, 3.05) is 13.6 Å². The molecule has 19 heavy (non-hydrogen) atoms. The summed E-state index contributed by atoms with van der Waals surface area (Å²) in [5.41, 5.74) is 0. The molecular weight excluding hydrogens is 252 g/mol. The van der Waals surface area contributed by atoms with E-state index in [2.05, 4.69) is 36.2 Å². The van der Waals surface area contributed by atoms with E-state index in [1.54, 1.807) is 0 Å². The quantitative estimate of drug-likeness (QED) is 0.815. The maximum absolute atomic E-state index is 3.23. The third kappa shape index (κ3) is 4.59. The average molecular weight is 280 g/mol. The molecule has 2 nitrogen and oxygen atoms in total. The highest BCUT2D eigenvalue weighted by molar-refractivity contribution is 7.11. The monoisotopic (exact) mass is 280 g/mol. The molecule has 0 aromatic carbocycles. The molecule has 2 rings (SSSR count). The van der Waals surface area contributed by atoms with Crippen LogP contribution < -0.4 is 5.32 Å². The topological polar surface area (TPSA) is 15.3 Å². The summed E-state index contributed by atoms with van der Waals surface area (Å²) in [5, 5.41) is 3.23. The molecule has 0 atom stereocenters. The zero-order chi connectivity index (χ0) is 13.7. The van der Waals surface area contributed by atoms with Crippen molar-refractivity contribution in [3.05, 3.63) is 21.9 Å². The molecule has 1 aromatic rings. The van der Waals surface area contributed by atoms with Crippen molar-refractivity contribution in [2.24, 2.45) is 5.92 Å². The minimum Gasteiger partial charge on any atom is -0.315 e. The van der Waals surface area contributed by atoms with E-state index in [0.717, 1.165) is 25.0 Å². The van der Waals surface area contributed by atoms with Crippen molar-refractivity contribution in [2.45, 2.75) is 58.7 Å². The third-order valence-corrected chi connectivity index (χ3v) is 4.94. The number of thiophene rings is 1. The number of hydrogen-bond acceptors (Lipinski definition) is 3. The summed E-state index contributed by atoms with van der Waals surface area (Å²) in [4.78, 5) is 5.71. The first kappa shape index (κ1) is 15.0. The second-order valence-electron chi connectivity index (χ2n) is 6.16. The summed E-state index contributed by atoms with van der Waals surface area (Å²) in [5.74, 6) is 0.761. The summed E-state index contributed by atoms with van der Waals surface area (Å²) in [7, 11) is 2.02. The Morgan fingerprint density at radius 3 is 2.58 bits per heavy atom. The first-order valence-electron chi connectivity index (χ1n) is 7.65. The van der Waals surface area contributed by atoms with E-state index in [9.17, 15) is 0 Å². The largest absolute Gasteiger partial charge is 0.315 e. The van der Waals surface area contributed by atoms with Gasteiger partial charge in [0.25, 0.3) is 0 Å². The molecule has 0 spiro atoms. The summed E-state index contributed by atoms with van der Waals surface area (Å²) >= 11 is 1.97. The average Bonchev–Trinajstić information content (AvgIpc) is 2.99. The van der Waals surface area contributed by atoms with Gasteiger partial charge in [-0.15, -0.1) is 11.3 Å². The van der Waals surface area contributed by atoms with Gasteiger partial charge in [0, 0.05) is 35.4 Å². The SMILES string of the molecule is CNCc1ccc(CN(CC(C)C)C2CCCC2)s1. The molecule has 3 heteroatoms. The molecule has 0 bridgehead atoms. The first-order valence-corrected chi connectivity index (χ1v) is 8.47. The van der Waals surface area contributed by atoms with Crippen LogP contribution in [0, 0.1) is 5.92 Å². The van der Waals surface area contributed by atoms with E-state index in [-0.39, 0.29) is 0 Å². The Kier molecular flexibility index (Phi) is 5.86. The van der Waals surface area contributed by atoms with E-state index < -0.39 is 0 Å². The highest BCUT2D eigenvalue weighted by atomic mass is 32.1. The fourth-order valence-electron chi connectivity index (χ4n) is 3.06. The highest BCUT2D eigenvalue weighted by Crippen LogP contribution is 2.27. The van der Waals surface area contributed by atoms with Gasteiger partial charge in [0.05, 0.1) is 0 Å². The van der Waals surface area contributed by atoms with Crippen LogP contribution in [0.2, 0.25) is 0 Å². The van der Waals surface area contributed by atoms with Crippen molar-refractivity contribution >= 4 is 11.3 Å². The lowest BCUT2D eigenvalue weighted by Gasteiger charge is -2.30. The number of nitrogens with one attached hydrogen (secondary N) is 1. The Labute approximate surface area is 122 Å². The maximum atomic E-state index is 3.23. The van der Waals surface area contributed by atoms with Gasteiger partial charge < -0.3 is 5.32 Å². The lowest BCUT2D eigenvalue weighted by atomic mass is 10.1. The Balaban J connectivity index is 1.97. The van der Waals surface area contributed by atoms with E-state index in [1.165, 1.54) is 42.0 Å². The molecule has 0 saturated heterocycles. The molecule has 1 aliphatic carbocycles. The van der Waals surface area contributed by atoms with Gasteiger partial charge in [0.1, 0.15) is 0 Å². The smallest absolute Gasteiger partial charge is 0.0331 e. The van der Waals surface area contributed by atoms with Crippen LogP contribution in [0.25, 0.3) is 0 Å². The van der Waals surface area contributed by atoms with Crippen LogP contribution in [-0.4, -0.2) is 24.5 Å². The van der Waals surface area contributed by atoms with Gasteiger partial charge in [0.2, 0.25) is 0 Å². The number of nitrogens with zero attached hydrogens (tertiary/aromatic N) is 1. The van der Waals surface area contributed by atoms with Gasteiger partial charge in [-0.25, -0.2) is 0 Å². The Morgan fingerprint density at radius 1 is 1.26 bits per heavy atom. The lowest BCUT2D eigenvalue weighted by molar-refractivity contribution is 0.170.